The maximum Gasteiger partial charge on any atom is 0.227 e. The minimum atomic E-state index is -0.258. The fourth-order valence-corrected chi connectivity index (χ4v) is 2.59. The lowest BCUT2D eigenvalue weighted by atomic mass is 9.95. The molecule has 1 atom stereocenters. The largest absolute Gasteiger partial charge is 0.425 e. The van der Waals surface area contributed by atoms with Gasteiger partial charge in [-0.15, -0.1) is 10.2 Å². The normalized spacial score (nSPS) is 11.9. The molecule has 0 spiro atoms. The molecule has 0 aliphatic carbocycles. The van der Waals surface area contributed by atoms with E-state index in [4.69, 9.17) is 4.42 Å². The smallest absolute Gasteiger partial charge is 0.227 e. The van der Waals surface area contributed by atoms with Gasteiger partial charge >= 0.3 is 0 Å². The third-order valence-corrected chi connectivity index (χ3v) is 3.94. The lowest BCUT2D eigenvalue weighted by molar-refractivity contribution is -0.118. The number of carbonyl (C=O) groups is 1. The van der Waals surface area contributed by atoms with E-state index in [-0.39, 0.29) is 18.2 Å². The number of hydrogen-bond acceptors (Lipinski definition) is 4. The molecule has 0 saturated carbocycles. The molecule has 5 nitrogen and oxygen atoms in total. The van der Waals surface area contributed by atoms with Gasteiger partial charge < -0.3 is 9.32 Å². The van der Waals surface area contributed by atoms with E-state index in [1.807, 2.05) is 60.7 Å². The summed E-state index contributed by atoms with van der Waals surface area (Å²) >= 11 is 0. The van der Waals surface area contributed by atoms with Crippen molar-refractivity contribution in [3.63, 3.8) is 0 Å². The summed E-state index contributed by atoms with van der Waals surface area (Å²) < 4.78 is 5.59. The summed E-state index contributed by atoms with van der Waals surface area (Å²) in [4.78, 5) is 14.4. The summed E-state index contributed by atoms with van der Waals surface area (Å²) in [6.07, 6.45) is 0.261. The molecule has 0 N–H and O–H groups in total. The molecule has 1 unspecified atom stereocenters. The molecule has 0 saturated heterocycles. The van der Waals surface area contributed by atoms with Crippen LogP contribution in [0.4, 0.5) is 5.69 Å². The number of amides is 1. The minimum absolute atomic E-state index is 0.00842. The first-order valence-corrected chi connectivity index (χ1v) is 7.81. The quantitative estimate of drug-likeness (QED) is 0.721. The fraction of sp³-hybridized carbons (Fsp3) is 0.211. The Hall–Kier alpha value is -2.95. The van der Waals surface area contributed by atoms with Crippen LogP contribution in [0.2, 0.25) is 0 Å². The summed E-state index contributed by atoms with van der Waals surface area (Å²) in [6, 6.07) is 19.3. The van der Waals surface area contributed by atoms with E-state index in [9.17, 15) is 4.79 Å². The van der Waals surface area contributed by atoms with Crippen molar-refractivity contribution < 1.29 is 9.21 Å². The van der Waals surface area contributed by atoms with Crippen LogP contribution in [0.1, 0.15) is 29.7 Å². The average molecular weight is 321 g/mol. The van der Waals surface area contributed by atoms with E-state index in [0.29, 0.717) is 11.8 Å². The second-order valence-electron chi connectivity index (χ2n) is 5.62. The van der Waals surface area contributed by atoms with Gasteiger partial charge in [-0.2, -0.15) is 0 Å². The lowest BCUT2D eigenvalue weighted by Crippen LogP contribution is -2.28. The van der Waals surface area contributed by atoms with Crippen molar-refractivity contribution in [1.29, 1.82) is 0 Å². The molecule has 0 aliphatic heterocycles. The van der Waals surface area contributed by atoms with E-state index >= 15 is 0 Å². The molecule has 0 bridgehead atoms. The number of aromatic nitrogens is 2. The van der Waals surface area contributed by atoms with Gasteiger partial charge in [0.25, 0.3) is 0 Å². The van der Waals surface area contributed by atoms with Gasteiger partial charge in [0.05, 0.1) is 5.92 Å². The van der Waals surface area contributed by atoms with Gasteiger partial charge in [-0.1, -0.05) is 48.5 Å². The molecule has 122 valence electrons. The van der Waals surface area contributed by atoms with Crippen LogP contribution in [0.15, 0.2) is 65.1 Å². The summed E-state index contributed by atoms with van der Waals surface area (Å²) in [6.45, 7) is 1.75. The van der Waals surface area contributed by atoms with Gasteiger partial charge in [0, 0.05) is 26.1 Å². The number of para-hydroxylation sites is 1. The number of hydrogen-bond donors (Lipinski definition) is 0. The van der Waals surface area contributed by atoms with Crippen LogP contribution in [0.25, 0.3) is 0 Å². The monoisotopic (exact) mass is 321 g/mol. The number of benzene rings is 2. The van der Waals surface area contributed by atoms with Crippen LogP contribution in [0, 0.1) is 6.92 Å². The van der Waals surface area contributed by atoms with Crippen LogP contribution in [-0.4, -0.2) is 23.2 Å². The van der Waals surface area contributed by atoms with E-state index < -0.39 is 0 Å². The van der Waals surface area contributed by atoms with Crippen molar-refractivity contribution in [2.75, 3.05) is 11.9 Å². The molecule has 3 rings (SSSR count). The van der Waals surface area contributed by atoms with Crippen LogP contribution < -0.4 is 4.90 Å². The maximum absolute atomic E-state index is 12.7. The first-order chi connectivity index (χ1) is 11.6. The summed E-state index contributed by atoms with van der Waals surface area (Å²) in [7, 11) is 1.78. The van der Waals surface area contributed by atoms with Crippen molar-refractivity contribution in [3.05, 3.63) is 78.0 Å². The van der Waals surface area contributed by atoms with Crippen molar-refractivity contribution in [3.8, 4) is 0 Å². The molecular formula is C19H19N3O2. The van der Waals surface area contributed by atoms with E-state index in [1.165, 1.54) is 0 Å². The molecule has 24 heavy (non-hydrogen) atoms. The zero-order valence-electron chi connectivity index (χ0n) is 13.7. The highest BCUT2D eigenvalue weighted by Crippen LogP contribution is 2.28. The highest BCUT2D eigenvalue weighted by molar-refractivity contribution is 5.93. The third kappa shape index (κ3) is 3.51. The number of anilines is 1. The Morgan fingerprint density at radius 3 is 2.25 bits per heavy atom. The molecule has 2 aromatic carbocycles. The van der Waals surface area contributed by atoms with Gasteiger partial charge in [-0.25, -0.2) is 0 Å². The van der Waals surface area contributed by atoms with E-state index in [2.05, 4.69) is 10.2 Å². The maximum atomic E-state index is 12.7. The molecule has 0 aliphatic rings. The molecule has 0 radical (unpaired) electrons. The number of nitrogens with zero attached hydrogens (tertiary/aromatic N) is 3. The Labute approximate surface area is 140 Å². The zero-order valence-corrected chi connectivity index (χ0v) is 13.7. The second kappa shape index (κ2) is 7.08. The summed E-state index contributed by atoms with van der Waals surface area (Å²) in [5.74, 6) is 0.695. The van der Waals surface area contributed by atoms with Gasteiger partial charge in [0.2, 0.25) is 17.7 Å². The minimum Gasteiger partial charge on any atom is -0.425 e. The van der Waals surface area contributed by atoms with Crippen molar-refractivity contribution in [2.24, 2.45) is 0 Å². The predicted octanol–water partition coefficient (Wildman–Crippen LogP) is 3.56. The van der Waals surface area contributed by atoms with Gasteiger partial charge in [-0.05, 0) is 17.7 Å². The second-order valence-corrected chi connectivity index (χ2v) is 5.62. The Balaban J connectivity index is 1.86. The molecule has 1 aromatic heterocycles. The van der Waals surface area contributed by atoms with E-state index in [1.54, 1.807) is 18.9 Å². The first-order valence-electron chi connectivity index (χ1n) is 7.81. The Bertz CT molecular complexity index is 800. The Morgan fingerprint density at radius 2 is 1.67 bits per heavy atom. The highest BCUT2D eigenvalue weighted by atomic mass is 16.4. The van der Waals surface area contributed by atoms with Crippen molar-refractivity contribution in [1.82, 2.24) is 10.2 Å². The fourth-order valence-electron chi connectivity index (χ4n) is 2.59. The predicted molar refractivity (Wildman–Crippen MR) is 91.8 cm³/mol. The number of rotatable bonds is 5. The van der Waals surface area contributed by atoms with Gasteiger partial charge in [-0.3, -0.25) is 4.79 Å². The molecule has 5 heteroatoms. The van der Waals surface area contributed by atoms with E-state index in [0.717, 1.165) is 11.3 Å². The number of carbonyl (C=O) groups excluding carboxylic acids is 1. The average Bonchev–Trinajstić information content (AvgIpc) is 3.06. The van der Waals surface area contributed by atoms with Crippen molar-refractivity contribution >= 4 is 11.6 Å². The summed E-state index contributed by atoms with van der Waals surface area (Å²) in [5.41, 5.74) is 1.84. The number of aryl methyl sites for hydroxylation is 1. The van der Waals surface area contributed by atoms with Crippen LogP contribution in [0.5, 0.6) is 0 Å². The Morgan fingerprint density at radius 1 is 1.04 bits per heavy atom. The molecule has 1 heterocycles. The SMILES string of the molecule is Cc1nnc(C(CC(=O)N(C)c2ccccc2)c2ccccc2)o1. The first kappa shape index (κ1) is 15.9. The Kier molecular flexibility index (Phi) is 4.70. The standard InChI is InChI=1S/C19H19N3O2/c1-14-20-21-19(24-14)17(15-9-5-3-6-10-15)13-18(23)22(2)16-11-7-4-8-12-16/h3-12,17H,13H2,1-2H3. The molecule has 1 amide bonds. The highest BCUT2D eigenvalue weighted by Gasteiger charge is 2.25. The van der Waals surface area contributed by atoms with Crippen LogP contribution in [0.3, 0.4) is 0 Å². The molecule has 3 aromatic rings. The van der Waals surface area contributed by atoms with Gasteiger partial charge in [0.15, 0.2) is 0 Å². The zero-order chi connectivity index (χ0) is 16.9. The van der Waals surface area contributed by atoms with Crippen LogP contribution >= 0.6 is 0 Å². The summed E-state index contributed by atoms with van der Waals surface area (Å²) in [5, 5.41) is 8.02. The lowest BCUT2D eigenvalue weighted by Gasteiger charge is -2.20. The van der Waals surface area contributed by atoms with Crippen molar-refractivity contribution in [2.45, 2.75) is 19.3 Å². The third-order valence-electron chi connectivity index (χ3n) is 3.94. The molecule has 0 fully saturated rings. The van der Waals surface area contributed by atoms with Crippen LogP contribution in [-0.2, 0) is 4.79 Å². The topological polar surface area (TPSA) is 59.2 Å². The van der Waals surface area contributed by atoms with Gasteiger partial charge in [0.1, 0.15) is 0 Å². The molecular weight excluding hydrogens is 302 g/mol.